The largest absolute Gasteiger partial charge is 0.326 e. The summed E-state index contributed by atoms with van der Waals surface area (Å²) >= 11 is 0. The average Bonchev–Trinajstić information content (AvgIpc) is 2.61. The first-order chi connectivity index (χ1) is 12.4. The fourth-order valence-corrected chi connectivity index (χ4v) is 3.59. The summed E-state index contributed by atoms with van der Waals surface area (Å²) in [6.45, 7) is 3.91. The van der Waals surface area contributed by atoms with Crippen LogP contribution in [0.5, 0.6) is 0 Å². The highest BCUT2D eigenvalue weighted by molar-refractivity contribution is 5.94. The molecule has 1 amide bonds. The third-order valence-electron chi connectivity index (χ3n) is 5.13. The molecule has 1 aromatic carbocycles. The molecule has 1 saturated carbocycles. The molecule has 0 aliphatic heterocycles. The SMILES string of the molecule is CCc1cc(=O)[nH]c(-c2cccc(NC(=O)C3CCCCC3(C)N)c2)n1. The highest BCUT2D eigenvalue weighted by Gasteiger charge is 2.37. The predicted molar refractivity (Wildman–Crippen MR) is 103 cm³/mol. The third kappa shape index (κ3) is 4.02. The molecular weight excluding hydrogens is 328 g/mol. The van der Waals surface area contributed by atoms with Crippen LogP contribution in [0.1, 0.15) is 45.2 Å². The van der Waals surface area contributed by atoms with Crippen LogP contribution in [0.2, 0.25) is 0 Å². The van der Waals surface area contributed by atoms with Crippen LogP contribution < -0.4 is 16.6 Å². The van der Waals surface area contributed by atoms with E-state index in [0.717, 1.165) is 36.9 Å². The first-order valence-electron chi connectivity index (χ1n) is 9.19. The van der Waals surface area contributed by atoms with Gasteiger partial charge in [-0.3, -0.25) is 9.59 Å². The van der Waals surface area contributed by atoms with Gasteiger partial charge in [0.25, 0.3) is 5.56 Å². The van der Waals surface area contributed by atoms with Gasteiger partial charge in [0.1, 0.15) is 5.82 Å². The number of aromatic amines is 1. The van der Waals surface area contributed by atoms with Gasteiger partial charge in [-0.2, -0.15) is 0 Å². The Morgan fingerprint density at radius 1 is 1.38 bits per heavy atom. The topological polar surface area (TPSA) is 101 Å². The number of nitrogens with one attached hydrogen (secondary N) is 2. The van der Waals surface area contributed by atoms with Crippen molar-refractivity contribution >= 4 is 11.6 Å². The minimum atomic E-state index is -0.470. The second-order valence-electron chi connectivity index (χ2n) is 7.31. The highest BCUT2D eigenvalue weighted by Crippen LogP contribution is 2.32. The zero-order valence-corrected chi connectivity index (χ0v) is 15.3. The molecule has 0 radical (unpaired) electrons. The van der Waals surface area contributed by atoms with E-state index in [-0.39, 0.29) is 17.4 Å². The van der Waals surface area contributed by atoms with E-state index in [4.69, 9.17) is 5.73 Å². The Kier molecular flexibility index (Phi) is 5.23. The quantitative estimate of drug-likeness (QED) is 0.786. The van der Waals surface area contributed by atoms with Crippen LogP contribution >= 0.6 is 0 Å². The van der Waals surface area contributed by atoms with Gasteiger partial charge in [-0.1, -0.05) is 31.9 Å². The number of nitrogens with two attached hydrogens (primary N) is 1. The van der Waals surface area contributed by atoms with Gasteiger partial charge in [0.2, 0.25) is 5.91 Å². The fraction of sp³-hybridized carbons (Fsp3) is 0.450. The van der Waals surface area contributed by atoms with E-state index in [1.54, 1.807) is 0 Å². The summed E-state index contributed by atoms with van der Waals surface area (Å²) in [5, 5.41) is 2.98. The van der Waals surface area contributed by atoms with E-state index in [9.17, 15) is 9.59 Å². The second-order valence-corrected chi connectivity index (χ2v) is 7.31. The number of carbonyl (C=O) groups excluding carboxylic acids is 1. The van der Waals surface area contributed by atoms with Gasteiger partial charge >= 0.3 is 0 Å². The molecule has 0 saturated heterocycles. The van der Waals surface area contributed by atoms with Crippen molar-refractivity contribution in [3.8, 4) is 11.4 Å². The molecule has 1 aromatic heterocycles. The van der Waals surface area contributed by atoms with Crippen LogP contribution in [0, 0.1) is 5.92 Å². The van der Waals surface area contributed by atoms with Crippen LogP contribution in [0.4, 0.5) is 5.69 Å². The standard InChI is InChI=1S/C20H26N4O2/c1-3-14-12-17(25)24-18(22-14)13-7-6-8-15(11-13)23-19(26)16-9-4-5-10-20(16,2)21/h6-8,11-12,16H,3-5,9-10,21H2,1-2H3,(H,23,26)(H,22,24,25). The van der Waals surface area contributed by atoms with E-state index in [1.165, 1.54) is 6.07 Å². The molecule has 6 nitrogen and oxygen atoms in total. The van der Waals surface area contributed by atoms with Crippen molar-refractivity contribution in [1.29, 1.82) is 0 Å². The molecule has 2 aromatic rings. The number of hydrogen-bond acceptors (Lipinski definition) is 4. The second kappa shape index (κ2) is 7.41. The minimum Gasteiger partial charge on any atom is -0.326 e. The number of aryl methyl sites for hydroxylation is 1. The molecule has 3 rings (SSSR count). The number of benzene rings is 1. The number of carbonyl (C=O) groups is 1. The Morgan fingerprint density at radius 3 is 2.92 bits per heavy atom. The monoisotopic (exact) mass is 354 g/mol. The molecule has 26 heavy (non-hydrogen) atoms. The maximum atomic E-state index is 12.7. The minimum absolute atomic E-state index is 0.0457. The van der Waals surface area contributed by atoms with Gasteiger partial charge < -0.3 is 16.0 Å². The summed E-state index contributed by atoms with van der Waals surface area (Å²) in [7, 11) is 0. The Labute approximate surface area is 153 Å². The summed E-state index contributed by atoms with van der Waals surface area (Å²) in [5.74, 6) is 0.267. The van der Waals surface area contributed by atoms with Crippen molar-refractivity contribution in [2.24, 2.45) is 11.7 Å². The lowest BCUT2D eigenvalue weighted by Crippen LogP contribution is -2.51. The molecule has 138 valence electrons. The summed E-state index contributed by atoms with van der Waals surface area (Å²) in [5.41, 5.74) is 7.86. The maximum absolute atomic E-state index is 12.7. The Bertz CT molecular complexity index is 857. The van der Waals surface area contributed by atoms with E-state index >= 15 is 0 Å². The Hall–Kier alpha value is -2.47. The van der Waals surface area contributed by atoms with Gasteiger partial charge in [-0.15, -0.1) is 0 Å². The number of aromatic nitrogens is 2. The highest BCUT2D eigenvalue weighted by atomic mass is 16.2. The van der Waals surface area contributed by atoms with Gasteiger partial charge in [0.15, 0.2) is 0 Å². The number of hydrogen-bond donors (Lipinski definition) is 3. The van der Waals surface area contributed by atoms with Crippen LogP contribution in [-0.4, -0.2) is 21.4 Å². The molecular formula is C20H26N4O2. The van der Waals surface area contributed by atoms with Crippen molar-refractivity contribution in [3.63, 3.8) is 0 Å². The molecule has 2 atom stereocenters. The van der Waals surface area contributed by atoms with Gasteiger partial charge in [0, 0.05) is 28.6 Å². The first kappa shape index (κ1) is 18.3. The van der Waals surface area contributed by atoms with E-state index in [1.807, 2.05) is 38.1 Å². The van der Waals surface area contributed by atoms with Crippen molar-refractivity contribution in [2.75, 3.05) is 5.32 Å². The Morgan fingerprint density at radius 2 is 2.19 bits per heavy atom. The summed E-state index contributed by atoms with van der Waals surface area (Å²) in [4.78, 5) is 31.7. The number of nitrogens with zero attached hydrogens (tertiary/aromatic N) is 1. The first-order valence-corrected chi connectivity index (χ1v) is 9.19. The van der Waals surface area contributed by atoms with Gasteiger partial charge in [-0.05, 0) is 38.3 Å². The molecule has 6 heteroatoms. The summed E-state index contributed by atoms with van der Waals surface area (Å²) < 4.78 is 0. The smallest absolute Gasteiger partial charge is 0.251 e. The number of amides is 1. The predicted octanol–water partition coefficient (Wildman–Crippen LogP) is 2.85. The van der Waals surface area contributed by atoms with Crippen molar-refractivity contribution in [3.05, 3.63) is 46.4 Å². The van der Waals surface area contributed by atoms with Crippen LogP contribution in [-0.2, 0) is 11.2 Å². The fourth-order valence-electron chi connectivity index (χ4n) is 3.59. The van der Waals surface area contributed by atoms with Gasteiger partial charge in [0.05, 0.1) is 5.92 Å². The van der Waals surface area contributed by atoms with Crippen molar-refractivity contribution < 1.29 is 4.79 Å². The van der Waals surface area contributed by atoms with Gasteiger partial charge in [-0.25, -0.2) is 4.98 Å². The van der Waals surface area contributed by atoms with E-state index in [0.29, 0.717) is 17.9 Å². The van der Waals surface area contributed by atoms with Crippen LogP contribution in [0.25, 0.3) is 11.4 Å². The lowest BCUT2D eigenvalue weighted by atomic mass is 9.74. The zero-order chi connectivity index (χ0) is 18.7. The molecule has 1 fully saturated rings. The average molecular weight is 354 g/mol. The summed E-state index contributed by atoms with van der Waals surface area (Å²) in [6, 6.07) is 8.86. The number of anilines is 1. The van der Waals surface area contributed by atoms with Crippen LogP contribution in [0.3, 0.4) is 0 Å². The molecule has 1 heterocycles. The normalized spacial score (nSPS) is 22.8. The van der Waals surface area contributed by atoms with E-state index < -0.39 is 5.54 Å². The Balaban J connectivity index is 1.83. The van der Waals surface area contributed by atoms with Crippen molar-refractivity contribution in [2.45, 2.75) is 51.5 Å². The maximum Gasteiger partial charge on any atom is 0.251 e. The molecule has 2 unspecified atom stereocenters. The molecule has 4 N–H and O–H groups in total. The van der Waals surface area contributed by atoms with Crippen LogP contribution in [0.15, 0.2) is 35.1 Å². The molecule has 0 spiro atoms. The zero-order valence-electron chi connectivity index (χ0n) is 15.3. The summed E-state index contributed by atoms with van der Waals surface area (Å²) in [6.07, 6.45) is 4.45. The third-order valence-corrected chi connectivity index (χ3v) is 5.13. The molecule has 1 aliphatic rings. The van der Waals surface area contributed by atoms with Crippen molar-refractivity contribution in [1.82, 2.24) is 9.97 Å². The molecule has 0 bridgehead atoms. The van der Waals surface area contributed by atoms with E-state index in [2.05, 4.69) is 15.3 Å². The number of rotatable bonds is 4. The number of H-pyrrole nitrogens is 1. The lowest BCUT2D eigenvalue weighted by molar-refractivity contribution is -0.122. The molecule has 1 aliphatic carbocycles. The lowest BCUT2D eigenvalue weighted by Gasteiger charge is -2.37.